The van der Waals surface area contributed by atoms with Gasteiger partial charge in [-0.2, -0.15) is 0 Å². The van der Waals surface area contributed by atoms with Crippen molar-refractivity contribution in [1.82, 2.24) is 0 Å². The minimum absolute atomic E-state index is 0.00720. The summed E-state index contributed by atoms with van der Waals surface area (Å²) in [6.45, 7) is 2.16. The maximum absolute atomic E-state index is 10.5. The molecule has 3 N–H and O–H groups in total. The first-order valence-electron chi connectivity index (χ1n) is 10.7. The van der Waals surface area contributed by atoms with Crippen molar-refractivity contribution in [2.75, 3.05) is 14.2 Å². The van der Waals surface area contributed by atoms with Crippen molar-refractivity contribution in [3.05, 3.63) is 12.2 Å². The van der Waals surface area contributed by atoms with E-state index in [4.69, 9.17) is 14.6 Å². The van der Waals surface area contributed by atoms with E-state index in [1.807, 2.05) is 12.2 Å². The Bertz CT molecular complexity index is 460. The van der Waals surface area contributed by atoms with Gasteiger partial charge in [0.15, 0.2) is 5.79 Å². The molecule has 0 radical (unpaired) electrons. The molecular formula is C22H40O6. The van der Waals surface area contributed by atoms with Crippen molar-refractivity contribution in [1.29, 1.82) is 0 Å². The van der Waals surface area contributed by atoms with Gasteiger partial charge >= 0.3 is 5.97 Å². The predicted octanol–water partition coefficient (Wildman–Crippen LogP) is 3.90. The van der Waals surface area contributed by atoms with Gasteiger partial charge in [-0.25, -0.2) is 0 Å². The summed E-state index contributed by atoms with van der Waals surface area (Å²) < 4.78 is 11.4. The van der Waals surface area contributed by atoms with Crippen LogP contribution in [0.1, 0.15) is 77.6 Å². The molecule has 1 fully saturated rings. The van der Waals surface area contributed by atoms with Gasteiger partial charge in [-0.1, -0.05) is 31.9 Å². The number of aliphatic hydroxyl groups is 2. The number of hydrogen-bond acceptors (Lipinski definition) is 5. The molecule has 164 valence electrons. The van der Waals surface area contributed by atoms with E-state index in [9.17, 15) is 15.0 Å². The minimum Gasteiger partial charge on any atom is -0.481 e. The third-order valence-electron chi connectivity index (χ3n) is 6.12. The normalized spacial score (nSPS) is 25.6. The zero-order valence-electron chi connectivity index (χ0n) is 17.8. The molecule has 1 aliphatic rings. The number of carboxylic acid groups (broad SMARTS) is 1. The molecule has 6 heteroatoms. The van der Waals surface area contributed by atoms with E-state index in [0.29, 0.717) is 25.7 Å². The highest BCUT2D eigenvalue weighted by atomic mass is 16.7. The summed E-state index contributed by atoms with van der Waals surface area (Å²) >= 11 is 0. The van der Waals surface area contributed by atoms with Crippen molar-refractivity contribution in [3.8, 4) is 0 Å². The van der Waals surface area contributed by atoms with Gasteiger partial charge in [-0.3, -0.25) is 4.79 Å². The molecule has 0 amide bonds. The Hall–Kier alpha value is -0.950. The number of unbranched alkanes of at least 4 members (excludes halogenated alkanes) is 3. The lowest BCUT2D eigenvalue weighted by Crippen LogP contribution is -2.35. The Morgan fingerprint density at radius 2 is 1.71 bits per heavy atom. The van der Waals surface area contributed by atoms with Crippen LogP contribution in [0.25, 0.3) is 0 Å². The second-order valence-corrected chi connectivity index (χ2v) is 8.01. The van der Waals surface area contributed by atoms with Gasteiger partial charge in [0.25, 0.3) is 0 Å². The topological polar surface area (TPSA) is 96.2 Å². The predicted molar refractivity (Wildman–Crippen MR) is 109 cm³/mol. The van der Waals surface area contributed by atoms with Crippen LogP contribution in [0.2, 0.25) is 0 Å². The largest absolute Gasteiger partial charge is 0.481 e. The molecule has 0 aromatic rings. The van der Waals surface area contributed by atoms with Crippen LogP contribution in [-0.2, 0) is 14.3 Å². The first-order valence-corrected chi connectivity index (χ1v) is 10.7. The van der Waals surface area contributed by atoms with Crippen molar-refractivity contribution in [2.24, 2.45) is 11.8 Å². The van der Waals surface area contributed by atoms with E-state index in [0.717, 1.165) is 38.5 Å². The van der Waals surface area contributed by atoms with Gasteiger partial charge in [0.05, 0.1) is 12.2 Å². The molecule has 4 atom stereocenters. The average molecular weight is 401 g/mol. The lowest BCUT2D eigenvalue weighted by atomic mass is 9.85. The van der Waals surface area contributed by atoms with Crippen LogP contribution in [0.3, 0.4) is 0 Å². The molecule has 1 aliphatic carbocycles. The van der Waals surface area contributed by atoms with Crippen molar-refractivity contribution in [2.45, 2.75) is 95.5 Å². The highest BCUT2D eigenvalue weighted by Gasteiger charge is 2.42. The molecule has 1 saturated carbocycles. The maximum atomic E-state index is 10.5. The highest BCUT2D eigenvalue weighted by Crippen LogP contribution is 2.40. The molecular weight excluding hydrogens is 360 g/mol. The SMILES string of the molecule is CCCCCC(CC[C@@H]1[C@@H](C/C=C\CCCC(=O)O)[C@@H](O)C[C@H]1O)(OC)OC. The summed E-state index contributed by atoms with van der Waals surface area (Å²) in [4.78, 5) is 10.5. The van der Waals surface area contributed by atoms with Crippen molar-refractivity contribution in [3.63, 3.8) is 0 Å². The highest BCUT2D eigenvalue weighted by molar-refractivity contribution is 5.66. The average Bonchev–Trinajstić information content (AvgIpc) is 2.94. The minimum atomic E-state index is -0.776. The molecule has 0 aliphatic heterocycles. The number of ether oxygens (including phenoxy) is 2. The van der Waals surface area contributed by atoms with Gasteiger partial charge in [0.2, 0.25) is 0 Å². The van der Waals surface area contributed by atoms with Gasteiger partial charge in [0, 0.05) is 33.5 Å². The fourth-order valence-electron chi connectivity index (χ4n) is 4.30. The molecule has 0 aromatic carbocycles. The Morgan fingerprint density at radius 3 is 2.32 bits per heavy atom. The van der Waals surface area contributed by atoms with E-state index >= 15 is 0 Å². The second kappa shape index (κ2) is 13.3. The molecule has 28 heavy (non-hydrogen) atoms. The summed E-state index contributed by atoms with van der Waals surface area (Å²) in [7, 11) is 3.35. The van der Waals surface area contributed by atoms with E-state index in [-0.39, 0.29) is 18.3 Å². The van der Waals surface area contributed by atoms with Crippen molar-refractivity contribution >= 4 is 5.97 Å². The standard InChI is InChI=1S/C22H40O6/c1-4-5-10-14-22(27-2,28-3)15-13-18-17(19(23)16-20(18)24)11-8-6-7-9-12-21(25)26/h6,8,17-20,23-24H,4-5,7,9-16H2,1-3H3,(H,25,26)/b8-6-/t17-,18-,19+,20-/m1/s1. The van der Waals surface area contributed by atoms with Crippen LogP contribution in [0.5, 0.6) is 0 Å². The number of aliphatic carboxylic acids is 1. The van der Waals surface area contributed by atoms with Crippen LogP contribution < -0.4 is 0 Å². The summed E-state index contributed by atoms with van der Waals surface area (Å²) in [5.74, 6) is -1.39. The second-order valence-electron chi connectivity index (χ2n) is 8.01. The van der Waals surface area contributed by atoms with Crippen molar-refractivity contribution < 1.29 is 29.6 Å². The van der Waals surface area contributed by atoms with Gasteiger partial charge in [0.1, 0.15) is 0 Å². The molecule has 0 heterocycles. The number of carboxylic acids is 1. The van der Waals surface area contributed by atoms with Crippen LogP contribution in [0.4, 0.5) is 0 Å². The molecule has 6 nitrogen and oxygen atoms in total. The van der Waals surface area contributed by atoms with Crippen LogP contribution >= 0.6 is 0 Å². The summed E-state index contributed by atoms with van der Waals surface area (Å²) in [6, 6.07) is 0. The fraction of sp³-hybridized carbons (Fsp3) is 0.864. The van der Waals surface area contributed by atoms with E-state index in [1.54, 1.807) is 14.2 Å². The van der Waals surface area contributed by atoms with Gasteiger partial charge < -0.3 is 24.8 Å². The number of aliphatic hydroxyl groups excluding tert-OH is 2. The number of allylic oxidation sites excluding steroid dienone is 2. The Balaban J connectivity index is 2.59. The smallest absolute Gasteiger partial charge is 0.303 e. The van der Waals surface area contributed by atoms with E-state index in [2.05, 4.69) is 6.92 Å². The van der Waals surface area contributed by atoms with Crippen LogP contribution in [-0.4, -0.2) is 53.5 Å². The zero-order chi connectivity index (χ0) is 21.0. The number of hydrogen-bond donors (Lipinski definition) is 3. The fourth-order valence-corrected chi connectivity index (χ4v) is 4.30. The zero-order valence-corrected chi connectivity index (χ0v) is 17.8. The number of methoxy groups -OCH3 is 2. The Kier molecular flexibility index (Phi) is 11.9. The molecule has 0 unspecified atom stereocenters. The molecule has 0 spiro atoms. The summed E-state index contributed by atoms with van der Waals surface area (Å²) in [6.07, 6.45) is 11.2. The Morgan fingerprint density at radius 1 is 1.04 bits per heavy atom. The molecule has 0 saturated heterocycles. The van der Waals surface area contributed by atoms with Crippen LogP contribution in [0.15, 0.2) is 12.2 Å². The number of rotatable bonds is 15. The Labute approximate surface area is 169 Å². The quantitative estimate of drug-likeness (QED) is 0.219. The number of carbonyl (C=O) groups is 1. The van der Waals surface area contributed by atoms with E-state index < -0.39 is 24.0 Å². The van der Waals surface area contributed by atoms with E-state index in [1.165, 1.54) is 0 Å². The van der Waals surface area contributed by atoms with Gasteiger partial charge in [-0.15, -0.1) is 0 Å². The molecule has 0 bridgehead atoms. The molecule has 1 rings (SSSR count). The lowest BCUT2D eigenvalue weighted by Gasteiger charge is -2.33. The first kappa shape index (κ1) is 25.1. The van der Waals surface area contributed by atoms with Crippen LogP contribution in [0, 0.1) is 11.8 Å². The lowest BCUT2D eigenvalue weighted by molar-refractivity contribution is -0.218. The third kappa shape index (κ3) is 8.19. The van der Waals surface area contributed by atoms with Gasteiger partial charge in [-0.05, 0) is 50.4 Å². The monoisotopic (exact) mass is 400 g/mol. The molecule has 0 aromatic heterocycles. The maximum Gasteiger partial charge on any atom is 0.303 e. The first-order chi connectivity index (χ1) is 13.4. The third-order valence-corrected chi connectivity index (χ3v) is 6.12. The summed E-state index contributed by atoms with van der Waals surface area (Å²) in [5.41, 5.74) is 0. The summed E-state index contributed by atoms with van der Waals surface area (Å²) in [5, 5.41) is 29.5.